The third-order valence-electron chi connectivity index (χ3n) is 3.40. The van der Waals surface area contributed by atoms with Crippen LogP contribution in [0.3, 0.4) is 0 Å². The SMILES string of the molecule is CC(C)C(O)C(C)(C)CNS(=O)(=O)/C=C/c1ccccc1. The zero-order valence-electron chi connectivity index (χ0n) is 13.1. The Kier molecular flexibility index (Phi) is 6.13. The Bertz CT molecular complexity index is 562. The van der Waals surface area contributed by atoms with Crippen molar-refractivity contribution in [2.24, 2.45) is 11.3 Å². The minimum atomic E-state index is -3.51. The van der Waals surface area contributed by atoms with Crippen LogP contribution in [-0.4, -0.2) is 26.2 Å². The molecule has 5 heteroatoms. The molecule has 0 saturated carbocycles. The molecule has 1 aromatic rings. The van der Waals surface area contributed by atoms with E-state index in [9.17, 15) is 13.5 Å². The molecule has 0 amide bonds. The Morgan fingerprint density at radius 2 is 1.81 bits per heavy atom. The van der Waals surface area contributed by atoms with E-state index < -0.39 is 21.5 Å². The maximum Gasteiger partial charge on any atom is 0.233 e. The summed E-state index contributed by atoms with van der Waals surface area (Å²) in [6.07, 6.45) is 0.979. The highest BCUT2D eigenvalue weighted by Crippen LogP contribution is 2.25. The summed E-state index contributed by atoms with van der Waals surface area (Å²) in [6.45, 7) is 7.71. The second-order valence-electron chi connectivity index (χ2n) is 6.26. The normalized spacial score (nSPS) is 14.8. The minimum Gasteiger partial charge on any atom is -0.392 e. The maximum absolute atomic E-state index is 12.0. The molecule has 0 aliphatic carbocycles. The Labute approximate surface area is 127 Å². The smallest absolute Gasteiger partial charge is 0.233 e. The lowest BCUT2D eigenvalue weighted by Gasteiger charge is -2.33. The van der Waals surface area contributed by atoms with Gasteiger partial charge in [-0.3, -0.25) is 0 Å². The first-order valence-corrected chi connectivity index (χ1v) is 8.59. The van der Waals surface area contributed by atoms with Gasteiger partial charge < -0.3 is 5.11 Å². The molecule has 1 atom stereocenters. The molecule has 1 aromatic carbocycles. The first-order valence-electron chi connectivity index (χ1n) is 7.05. The zero-order chi connectivity index (χ0) is 16.1. The van der Waals surface area contributed by atoms with Crippen LogP contribution in [-0.2, 0) is 10.0 Å². The van der Waals surface area contributed by atoms with E-state index in [0.29, 0.717) is 0 Å². The number of aliphatic hydroxyl groups is 1. The molecule has 0 aromatic heterocycles. The van der Waals surface area contributed by atoms with Crippen molar-refractivity contribution in [2.45, 2.75) is 33.8 Å². The number of hydrogen-bond acceptors (Lipinski definition) is 3. The fraction of sp³-hybridized carbons (Fsp3) is 0.500. The first-order chi connectivity index (χ1) is 9.64. The largest absolute Gasteiger partial charge is 0.392 e. The standard InChI is InChI=1S/C16H25NO3S/c1-13(2)15(18)16(3,4)12-17-21(19,20)11-10-14-8-6-5-7-9-14/h5-11,13,15,17-18H,12H2,1-4H3/b11-10+. The molecule has 21 heavy (non-hydrogen) atoms. The molecule has 4 nitrogen and oxygen atoms in total. The number of nitrogens with one attached hydrogen (secondary N) is 1. The van der Waals surface area contributed by atoms with Crippen LogP contribution in [0.2, 0.25) is 0 Å². The molecule has 1 unspecified atom stereocenters. The quantitative estimate of drug-likeness (QED) is 0.813. The van der Waals surface area contributed by atoms with Crippen molar-refractivity contribution in [1.29, 1.82) is 0 Å². The molecule has 0 aliphatic rings. The third kappa shape index (κ3) is 5.99. The Morgan fingerprint density at radius 1 is 1.24 bits per heavy atom. The summed E-state index contributed by atoms with van der Waals surface area (Å²) in [6, 6.07) is 9.24. The van der Waals surface area contributed by atoms with E-state index in [1.165, 1.54) is 0 Å². The van der Waals surface area contributed by atoms with Crippen LogP contribution in [0.4, 0.5) is 0 Å². The highest BCUT2D eigenvalue weighted by Gasteiger charge is 2.31. The van der Waals surface area contributed by atoms with Gasteiger partial charge in [-0.15, -0.1) is 0 Å². The summed E-state index contributed by atoms with van der Waals surface area (Å²) in [5.74, 6) is 0.0735. The van der Waals surface area contributed by atoms with Crippen LogP contribution in [0.1, 0.15) is 33.3 Å². The Hall–Kier alpha value is -1.17. The lowest BCUT2D eigenvalue weighted by Crippen LogP contribution is -2.43. The summed E-state index contributed by atoms with van der Waals surface area (Å²) in [7, 11) is -3.51. The van der Waals surface area contributed by atoms with Gasteiger partial charge >= 0.3 is 0 Å². The average molecular weight is 311 g/mol. The summed E-state index contributed by atoms with van der Waals surface area (Å²) in [5, 5.41) is 11.3. The predicted molar refractivity (Wildman–Crippen MR) is 87.0 cm³/mol. The van der Waals surface area contributed by atoms with E-state index in [1.807, 2.05) is 58.0 Å². The molecule has 0 aliphatic heterocycles. The van der Waals surface area contributed by atoms with Gasteiger partial charge in [0.15, 0.2) is 0 Å². The van der Waals surface area contributed by atoms with Gasteiger partial charge in [-0.2, -0.15) is 0 Å². The van der Waals surface area contributed by atoms with Crippen molar-refractivity contribution in [3.05, 3.63) is 41.3 Å². The predicted octanol–water partition coefficient (Wildman–Crippen LogP) is 2.62. The summed E-state index contributed by atoms with van der Waals surface area (Å²) < 4.78 is 26.5. The van der Waals surface area contributed by atoms with Gasteiger partial charge in [-0.05, 0) is 17.6 Å². The van der Waals surface area contributed by atoms with Gasteiger partial charge in [-0.1, -0.05) is 58.0 Å². The molecule has 0 spiro atoms. The second-order valence-corrected chi connectivity index (χ2v) is 7.91. The van der Waals surface area contributed by atoms with Crippen molar-refractivity contribution in [3.8, 4) is 0 Å². The lowest BCUT2D eigenvalue weighted by atomic mass is 9.81. The van der Waals surface area contributed by atoms with Gasteiger partial charge in [0.1, 0.15) is 0 Å². The fourth-order valence-corrected chi connectivity index (χ4v) is 3.08. The van der Waals surface area contributed by atoms with Gasteiger partial charge in [-0.25, -0.2) is 13.1 Å². The van der Waals surface area contributed by atoms with E-state index >= 15 is 0 Å². The van der Waals surface area contributed by atoms with Crippen molar-refractivity contribution in [2.75, 3.05) is 6.54 Å². The molecule has 2 N–H and O–H groups in total. The lowest BCUT2D eigenvalue weighted by molar-refractivity contribution is 0.0166. The second kappa shape index (κ2) is 7.20. The Balaban J connectivity index is 2.67. The van der Waals surface area contributed by atoms with Gasteiger partial charge in [0.05, 0.1) is 6.10 Å². The monoisotopic (exact) mass is 311 g/mol. The number of rotatable bonds is 7. The van der Waals surface area contributed by atoms with Crippen molar-refractivity contribution < 1.29 is 13.5 Å². The van der Waals surface area contributed by atoms with E-state index in [2.05, 4.69) is 4.72 Å². The Morgan fingerprint density at radius 3 is 2.33 bits per heavy atom. The molecule has 0 radical (unpaired) electrons. The van der Waals surface area contributed by atoms with Crippen LogP contribution < -0.4 is 4.72 Å². The number of hydrogen-bond donors (Lipinski definition) is 2. The molecule has 118 valence electrons. The fourth-order valence-electron chi connectivity index (χ4n) is 2.07. The maximum atomic E-state index is 12.0. The van der Waals surface area contributed by atoms with Crippen LogP contribution in [0.5, 0.6) is 0 Å². The number of benzene rings is 1. The van der Waals surface area contributed by atoms with Crippen LogP contribution in [0.15, 0.2) is 35.7 Å². The molecule has 1 rings (SSSR count). The molecule has 0 saturated heterocycles. The molecule has 0 heterocycles. The molecule has 0 fully saturated rings. The summed E-state index contributed by atoms with van der Waals surface area (Å²) >= 11 is 0. The highest BCUT2D eigenvalue weighted by atomic mass is 32.2. The van der Waals surface area contributed by atoms with E-state index in [4.69, 9.17) is 0 Å². The summed E-state index contributed by atoms with van der Waals surface area (Å²) in [5.41, 5.74) is 0.298. The molecular weight excluding hydrogens is 286 g/mol. The van der Waals surface area contributed by atoms with Crippen LogP contribution in [0, 0.1) is 11.3 Å². The first kappa shape index (κ1) is 17.9. The number of aliphatic hydroxyl groups excluding tert-OH is 1. The van der Waals surface area contributed by atoms with Crippen molar-refractivity contribution in [1.82, 2.24) is 4.72 Å². The average Bonchev–Trinajstić information content (AvgIpc) is 2.44. The van der Waals surface area contributed by atoms with Gasteiger partial charge in [0, 0.05) is 17.4 Å². The topological polar surface area (TPSA) is 66.4 Å². The minimum absolute atomic E-state index is 0.0735. The van der Waals surface area contributed by atoms with Crippen LogP contribution >= 0.6 is 0 Å². The molecular formula is C16H25NO3S. The van der Waals surface area contributed by atoms with Gasteiger partial charge in [0.25, 0.3) is 0 Å². The van der Waals surface area contributed by atoms with E-state index in [1.54, 1.807) is 6.08 Å². The van der Waals surface area contributed by atoms with Crippen LogP contribution in [0.25, 0.3) is 6.08 Å². The highest BCUT2D eigenvalue weighted by molar-refractivity contribution is 7.92. The van der Waals surface area contributed by atoms with Gasteiger partial charge in [0.2, 0.25) is 10.0 Å². The van der Waals surface area contributed by atoms with E-state index in [0.717, 1.165) is 11.0 Å². The zero-order valence-corrected chi connectivity index (χ0v) is 13.9. The van der Waals surface area contributed by atoms with Crippen molar-refractivity contribution in [3.63, 3.8) is 0 Å². The van der Waals surface area contributed by atoms with E-state index in [-0.39, 0.29) is 12.5 Å². The third-order valence-corrected chi connectivity index (χ3v) is 4.44. The number of sulfonamides is 1. The van der Waals surface area contributed by atoms with Crippen molar-refractivity contribution >= 4 is 16.1 Å². The molecule has 0 bridgehead atoms. The summed E-state index contributed by atoms with van der Waals surface area (Å²) in [4.78, 5) is 0.